The van der Waals surface area contributed by atoms with E-state index in [9.17, 15) is 13.6 Å². The van der Waals surface area contributed by atoms with Crippen LogP contribution in [0.4, 0.5) is 8.78 Å². The Bertz CT molecular complexity index is 914. The van der Waals surface area contributed by atoms with Gasteiger partial charge in [0, 0.05) is 18.7 Å². The first-order valence-electron chi connectivity index (χ1n) is 7.19. The van der Waals surface area contributed by atoms with Crippen LogP contribution in [0.15, 0.2) is 41.3 Å². The topological polar surface area (TPSA) is 77.1 Å². The molecule has 0 saturated carbocycles. The van der Waals surface area contributed by atoms with Gasteiger partial charge in [0.25, 0.3) is 11.6 Å². The molecule has 0 spiro atoms. The van der Waals surface area contributed by atoms with Crippen molar-refractivity contribution in [2.24, 2.45) is 0 Å². The Labute approximate surface area is 135 Å². The summed E-state index contributed by atoms with van der Waals surface area (Å²) in [6.45, 7) is 0.464. The molecule has 0 aliphatic rings. The molecule has 0 bridgehead atoms. The Balaban J connectivity index is 1.51. The summed E-state index contributed by atoms with van der Waals surface area (Å²) in [4.78, 5) is 22.4. The Morgan fingerprint density at radius 1 is 1.08 bits per heavy atom. The molecule has 124 valence electrons. The van der Waals surface area contributed by atoms with E-state index >= 15 is 0 Å². The Hall–Kier alpha value is -3.03. The molecule has 1 N–H and O–H groups in total. The summed E-state index contributed by atoms with van der Waals surface area (Å²) in [6, 6.07) is 6.65. The molecule has 0 aliphatic carbocycles. The molecule has 0 amide bonds. The van der Waals surface area contributed by atoms with E-state index in [0.29, 0.717) is 17.5 Å². The second kappa shape index (κ2) is 7.03. The van der Waals surface area contributed by atoms with Gasteiger partial charge in [0.15, 0.2) is 17.3 Å². The summed E-state index contributed by atoms with van der Waals surface area (Å²) in [5.74, 6) is -1.66. The fraction of sp³-hybridized carbons (Fsp3) is 0.188. The summed E-state index contributed by atoms with van der Waals surface area (Å²) < 4.78 is 36.4. The van der Waals surface area contributed by atoms with Gasteiger partial charge in [-0.25, -0.2) is 13.8 Å². The normalized spacial score (nSPS) is 10.8. The van der Waals surface area contributed by atoms with Crippen molar-refractivity contribution in [3.8, 4) is 11.8 Å². The largest absolute Gasteiger partial charge is 0.493 e. The lowest BCUT2D eigenvalue weighted by molar-refractivity contribution is 0.235. The number of ether oxygens (including phenoxy) is 2. The summed E-state index contributed by atoms with van der Waals surface area (Å²) in [6.07, 6.45) is 2.00. The minimum Gasteiger partial charge on any atom is -0.493 e. The lowest BCUT2D eigenvalue weighted by Gasteiger charge is -2.07. The molecule has 6 nitrogen and oxygen atoms in total. The van der Waals surface area contributed by atoms with Crippen LogP contribution < -0.4 is 15.0 Å². The summed E-state index contributed by atoms with van der Waals surface area (Å²) in [5.41, 5.74) is -0.0320. The van der Waals surface area contributed by atoms with Crippen molar-refractivity contribution in [3.63, 3.8) is 0 Å². The van der Waals surface area contributed by atoms with E-state index in [4.69, 9.17) is 9.47 Å². The standard InChI is InChI=1S/C16H13F2N3O3/c17-12-5-4-10(9-13(12)18)23-7-2-8-24-16-20-14-11(15(22)21-16)3-1-6-19-14/h1,3-6,9H,2,7-8H2,(H,19,20,21,22). The number of nitrogens with one attached hydrogen (secondary N) is 1. The fourth-order valence-electron chi connectivity index (χ4n) is 2.00. The number of rotatable bonds is 6. The maximum Gasteiger partial charge on any atom is 0.298 e. The predicted molar refractivity (Wildman–Crippen MR) is 82.1 cm³/mol. The number of pyridine rings is 1. The van der Waals surface area contributed by atoms with Crippen LogP contribution in [0.3, 0.4) is 0 Å². The van der Waals surface area contributed by atoms with E-state index in [2.05, 4.69) is 15.0 Å². The molecule has 3 aromatic rings. The molecule has 0 aliphatic heterocycles. The highest BCUT2D eigenvalue weighted by Crippen LogP contribution is 2.15. The van der Waals surface area contributed by atoms with Gasteiger partial charge in [0.1, 0.15) is 5.75 Å². The summed E-state index contributed by atoms with van der Waals surface area (Å²) in [5, 5.41) is 0.381. The third-order valence-electron chi connectivity index (χ3n) is 3.15. The molecule has 0 radical (unpaired) electrons. The zero-order chi connectivity index (χ0) is 16.9. The van der Waals surface area contributed by atoms with Crippen molar-refractivity contribution in [2.75, 3.05) is 13.2 Å². The van der Waals surface area contributed by atoms with Crippen molar-refractivity contribution in [2.45, 2.75) is 6.42 Å². The maximum atomic E-state index is 13.0. The van der Waals surface area contributed by atoms with E-state index in [0.717, 1.165) is 12.1 Å². The molecule has 8 heteroatoms. The van der Waals surface area contributed by atoms with Crippen molar-refractivity contribution in [1.29, 1.82) is 0 Å². The van der Waals surface area contributed by atoms with E-state index < -0.39 is 11.6 Å². The molecule has 0 saturated heterocycles. The highest BCUT2D eigenvalue weighted by Gasteiger charge is 2.06. The van der Waals surface area contributed by atoms with Crippen molar-refractivity contribution < 1.29 is 18.3 Å². The van der Waals surface area contributed by atoms with Crippen LogP contribution in [0.25, 0.3) is 11.0 Å². The molecule has 2 heterocycles. The van der Waals surface area contributed by atoms with Gasteiger partial charge >= 0.3 is 0 Å². The van der Waals surface area contributed by atoms with E-state index in [1.807, 2.05) is 0 Å². The number of hydrogen-bond acceptors (Lipinski definition) is 5. The molecule has 0 fully saturated rings. The number of benzene rings is 1. The molecule has 0 unspecified atom stereocenters. The lowest BCUT2D eigenvalue weighted by Crippen LogP contribution is -2.13. The third-order valence-corrected chi connectivity index (χ3v) is 3.15. The number of aromatic amines is 1. The average Bonchev–Trinajstić information content (AvgIpc) is 2.58. The Morgan fingerprint density at radius 3 is 2.75 bits per heavy atom. The van der Waals surface area contributed by atoms with Gasteiger partial charge in [0.05, 0.1) is 18.6 Å². The van der Waals surface area contributed by atoms with Crippen LogP contribution in [-0.4, -0.2) is 28.2 Å². The van der Waals surface area contributed by atoms with E-state index in [-0.39, 0.29) is 30.5 Å². The van der Waals surface area contributed by atoms with Gasteiger partial charge in [-0.05, 0) is 24.3 Å². The summed E-state index contributed by atoms with van der Waals surface area (Å²) in [7, 11) is 0. The van der Waals surface area contributed by atoms with Crippen LogP contribution in [0.5, 0.6) is 11.8 Å². The molecule has 0 atom stereocenters. The predicted octanol–water partition coefficient (Wildman–Crippen LogP) is 2.44. The number of nitrogens with zero attached hydrogens (tertiary/aromatic N) is 2. The van der Waals surface area contributed by atoms with Gasteiger partial charge in [-0.15, -0.1) is 0 Å². The van der Waals surface area contributed by atoms with Crippen molar-refractivity contribution in [1.82, 2.24) is 15.0 Å². The molecular formula is C16H13F2N3O3. The van der Waals surface area contributed by atoms with Gasteiger partial charge in [0.2, 0.25) is 0 Å². The van der Waals surface area contributed by atoms with E-state index in [1.165, 1.54) is 12.3 Å². The van der Waals surface area contributed by atoms with Crippen molar-refractivity contribution in [3.05, 3.63) is 58.5 Å². The molecule has 2 aromatic heterocycles. The highest BCUT2D eigenvalue weighted by atomic mass is 19.2. The lowest BCUT2D eigenvalue weighted by atomic mass is 10.3. The zero-order valence-electron chi connectivity index (χ0n) is 12.5. The average molecular weight is 333 g/mol. The van der Waals surface area contributed by atoms with Crippen LogP contribution in [0.1, 0.15) is 6.42 Å². The maximum absolute atomic E-state index is 13.0. The Morgan fingerprint density at radius 2 is 1.92 bits per heavy atom. The second-order valence-corrected chi connectivity index (χ2v) is 4.87. The quantitative estimate of drug-likeness (QED) is 0.701. The number of aromatic nitrogens is 3. The zero-order valence-corrected chi connectivity index (χ0v) is 12.5. The number of fused-ring (bicyclic) bond motifs is 1. The minimum atomic E-state index is -0.964. The molecule has 1 aromatic carbocycles. The first kappa shape index (κ1) is 15.9. The van der Waals surface area contributed by atoms with Gasteiger partial charge < -0.3 is 9.47 Å². The first-order valence-corrected chi connectivity index (χ1v) is 7.19. The van der Waals surface area contributed by atoms with Crippen LogP contribution >= 0.6 is 0 Å². The van der Waals surface area contributed by atoms with Gasteiger partial charge in [-0.1, -0.05) is 0 Å². The second-order valence-electron chi connectivity index (χ2n) is 4.87. The molecule has 3 rings (SSSR count). The van der Waals surface area contributed by atoms with Crippen LogP contribution in [-0.2, 0) is 0 Å². The molecular weight excluding hydrogens is 320 g/mol. The highest BCUT2D eigenvalue weighted by molar-refractivity contribution is 5.72. The smallest absolute Gasteiger partial charge is 0.298 e. The number of halogens is 2. The van der Waals surface area contributed by atoms with Crippen LogP contribution in [0, 0.1) is 11.6 Å². The van der Waals surface area contributed by atoms with Gasteiger partial charge in [-0.3, -0.25) is 9.78 Å². The first-order chi connectivity index (χ1) is 11.6. The fourth-order valence-corrected chi connectivity index (χ4v) is 2.00. The van der Waals surface area contributed by atoms with Crippen LogP contribution in [0.2, 0.25) is 0 Å². The number of H-pyrrole nitrogens is 1. The Kier molecular flexibility index (Phi) is 4.64. The summed E-state index contributed by atoms with van der Waals surface area (Å²) >= 11 is 0. The van der Waals surface area contributed by atoms with Gasteiger partial charge in [-0.2, -0.15) is 4.98 Å². The monoisotopic (exact) mass is 333 g/mol. The molecule has 24 heavy (non-hydrogen) atoms. The van der Waals surface area contributed by atoms with E-state index in [1.54, 1.807) is 12.1 Å². The third kappa shape index (κ3) is 3.65. The van der Waals surface area contributed by atoms with Crippen molar-refractivity contribution >= 4 is 11.0 Å². The minimum absolute atomic E-state index is 0.0685. The SMILES string of the molecule is O=c1[nH]c(OCCCOc2ccc(F)c(F)c2)nc2ncccc12. The number of hydrogen-bond donors (Lipinski definition) is 1.